The van der Waals surface area contributed by atoms with Crippen molar-refractivity contribution in [3.05, 3.63) is 88.6 Å². The molecule has 1 aliphatic rings. The van der Waals surface area contributed by atoms with Gasteiger partial charge in [0.2, 0.25) is 0 Å². The van der Waals surface area contributed by atoms with Crippen LogP contribution < -0.4 is 10.5 Å². The van der Waals surface area contributed by atoms with E-state index in [4.69, 9.17) is 0 Å². The number of fused-ring (bicyclic) bond motifs is 1. The van der Waals surface area contributed by atoms with Crippen LogP contribution in [0.2, 0.25) is 0 Å². The van der Waals surface area contributed by atoms with Crippen LogP contribution in [0.4, 0.5) is 15.8 Å². The van der Waals surface area contributed by atoms with Crippen molar-refractivity contribution in [1.82, 2.24) is 9.47 Å². The van der Waals surface area contributed by atoms with Crippen molar-refractivity contribution < 1.29 is 4.39 Å². The third-order valence-electron chi connectivity index (χ3n) is 4.73. The summed E-state index contributed by atoms with van der Waals surface area (Å²) < 4.78 is 15.4. The van der Waals surface area contributed by atoms with Crippen molar-refractivity contribution >= 4 is 11.4 Å². The molecule has 0 radical (unpaired) electrons. The summed E-state index contributed by atoms with van der Waals surface area (Å²) in [6.45, 7) is 2.43. The Balaban J connectivity index is 1.86. The molecule has 0 saturated carbocycles. The molecule has 0 N–H and O–H groups in total. The van der Waals surface area contributed by atoms with Crippen LogP contribution in [-0.4, -0.2) is 29.6 Å². The van der Waals surface area contributed by atoms with E-state index in [1.807, 2.05) is 24.3 Å². The molecule has 5 heteroatoms. The van der Waals surface area contributed by atoms with Crippen LogP contribution >= 0.6 is 0 Å². The Hall–Kier alpha value is -2.92. The van der Waals surface area contributed by atoms with Gasteiger partial charge in [-0.25, -0.2) is 4.39 Å². The lowest BCUT2D eigenvalue weighted by molar-refractivity contribution is 0.343. The normalized spacial score (nSPS) is 14.8. The number of benzene rings is 2. The zero-order valence-corrected chi connectivity index (χ0v) is 14.6. The van der Waals surface area contributed by atoms with E-state index in [2.05, 4.69) is 22.9 Å². The number of aromatic nitrogens is 1. The molecule has 26 heavy (non-hydrogen) atoms. The van der Waals surface area contributed by atoms with E-state index in [-0.39, 0.29) is 11.4 Å². The smallest absolute Gasteiger partial charge is 0.255 e. The number of hydrogen-bond acceptors (Lipinski definition) is 3. The summed E-state index contributed by atoms with van der Waals surface area (Å²) in [6.07, 6.45) is 1.76. The molecule has 0 bridgehead atoms. The van der Waals surface area contributed by atoms with E-state index >= 15 is 0 Å². The first-order valence-corrected chi connectivity index (χ1v) is 8.64. The largest absolute Gasteiger partial charge is 0.340 e. The number of rotatable bonds is 2. The zero-order chi connectivity index (χ0) is 18.1. The molecule has 4 nitrogen and oxygen atoms in total. The SMILES string of the molecule is CN1CCN(c2cccc(F)c2)c2cc(-n3ccccc3=O)ccc2C1. The highest BCUT2D eigenvalue weighted by molar-refractivity contribution is 5.69. The molecule has 132 valence electrons. The van der Waals surface area contributed by atoms with Gasteiger partial charge in [-0.2, -0.15) is 0 Å². The Kier molecular flexibility index (Phi) is 4.31. The lowest BCUT2D eigenvalue weighted by atomic mass is 10.1. The minimum Gasteiger partial charge on any atom is -0.340 e. The summed E-state index contributed by atoms with van der Waals surface area (Å²) in [5.74, 6) is -0.253. The Labute approximate surface area is 151 Å². The molecule has 2 aromatic carbocycles. The summed E-state index contributed by atoms with van der Waals surface area (Å²) in [7, 11) is 2.08. The van der Waals surface area contributed by atoms with Gasteiger partial charge in [-0.1, -0.05) is 18.2 Å². The van der Waals surface area contributed by atoms with Gasteiger partial charge in [0.05, 0.1) is 5.69 Å². The van der Waals surface area contributed by atoms with Crippen molar-refractivity contribution in [3.63, 3.8) is 0 Å². The van der Waals surface area contributed by atoms with Crippen LogP contribution in [0.25, 0.3) is 5.69 Å². The maximum absolute atomic E-state index is 13.8. The summed E-state index contributed by atoms with van der Waals surface area (Å²) in [5, 5.41) is 0. The van der Waals surface area contributed by atoms with Crippen molar-refractivity contribution in [1.29, 1.82) is 0 Å². The van der Waals surface area contributed by atoms with Crippen molar-refractivity contribution in [2.24, 2.45) is 0 Å². The first-order valence-electron chi connectivity index (χ1n) is 8.64. The van der Waals surface area contributed by atoms with Gasteiger partial charge in [0, 0.05) is 43.3 Å². The van der Waals surface area contributed by atoms with E-state index in [0.29, 0.717) is 0 Å². The number of likely N-dealkylation sites (N-methyl/N-ethyl adjacent to an activating group) is 1. The predicted molar refractivity (Wildman–Crippen MR) is 102 cm³/mol. The fourth-order valence-corrected chi connectivity index (χ4v) is 3.40. The van der Waals surface area contributed by atoms with Crippen LogP contribution in [0.1, 0.15) is 5.56 Å². The first-order chi connectivity index (χ1) is 12.6. The lowest BCUT2D eigenvalue weighted by Crippen LogP contribution is -2.26. The van der Waals surface area contributed by atoms with E-state index < -0.39 is 0 Å². The van der Waals surface area contributed by atoms with Crippen LogP contribution in [0.5, 0.6) is 0 Å². The second-order valence-electron chi connectivity index (χ2n) is 6.59. The maximum atomic E-state index is 13.8. The molecule has 0 unspecified atom stereocenters. The van der Waals surface area contributed by atoms with Crippen LogP contribution in [0, 0.1) is 5.82 Å². The number of nitrogens with zero attached hydrogens (tertiary/aromatic N) is 3. The van der Waals surface area contributed by atoms with Gasteiger partial charge in [0.1, 0.15) is 5.82 Å². The average Bonchev–Trinajstić information content (AvgIpc) is 2.80. The second kappa shape index (κ2) is 6.77. The highest BCUT2D eigenvalue weighted by Gasteiger charge is 2.20. The molecular formula is C21H20FN3O. The Morgan fingerprint density at radius 1 is 0.923 bits per heavy atom. The standard InChI is InChI=1S/C21H20FN3O/c1-23-11-12-24(18-6-4-5-17(22)13-18)20-14-19(9-8-16(20)15-23)25-10-3-2-7-21(25)26/h2-10,13-14H,11-12,15H2,1H3. The number of anilines is 2. The highest BCUT2D eigenvalue weighted by Crippen LogP contribution is 2.33. The summed E-state index contributed by atoms with van der Waals surface area (Å²) >= 11 is 0. The molecule has 0 atom stereocenters. The fraction of sp³-hybridized carbons (Fsp3) is 0.190. The van der Waals surface area contributed by atoms with Gasteiger partial charge in [-0.3, -0.25) is 9.36 Å². The van der Waals surface area contributed by atoms with E-state index in [0.717, 1.165) is 42.3 Å². The third-order valence-corrected chi connectivity index (χ3v) is 4.73. The Morgan fingerprint density at radius 3 is 2.62 bits per heavy atom. The Morgan fingerprint density at radius 2 is 1.81 bits per heavy atom. The van der Waals surface area contributed by atoms with Crippen LogP contribution in [0.3, 0.4) is 0 Å². The molecule has 0 aliphatic carbocycles. The fourth-order valence-electron chi connectivity index (χ4n) is 3.40. The monoisotopic (exact) mass is 349 g/mol. The topological polar surface area (TPSA) is 28.5 Å². The number of hydrogen-bond donors (Lipinski definition) is 0. The van der Waals surface area contributed by atoms with Gasteiger partial charge in [0.15, 0.2) is 0 Å². The molecule has 2 heterocycles. The second-order valence-corrected chi connectivity index (χ2v) is 6.59. The molecule has 1 aliphatic heterocycles. The molecule has 0 spiro atoms. The van der Waals surface area contributed by atoms with Crippen LogP contribution in [-0.2, 0) is 6.54 Å². The maximum Gasteiger partial charge on any atom is 0.255 e. The lowest BCUT2D eigenvalue weighted by Gasteiger charge is -2.25. The van der Waals surface area contributed by atoms with Crippen molar-refractivity contribution in [3.8, 4) is 5.69 Å². The molecule has 0 fully saturated rings. The number of halogens is 1. The molecule has 3 aromatic rings. The van der Waals surface area contributed by atoms with Gasteiger partial charge in [-0.15, -0.1) is 0 Å². The Bertz CT molecular complexity index is 998. The molecule has 0 amide bonds. The molecule has 4 rings (SSSR count). The minimum atomic E-state index is -0.253. The van der Waals surface area contributed by atoms with Gasteiger partial charge >= 0.3 is 0 Å². The average molecular weight is 349 g/mol. The predicted octanol–water partition coefficient (Wildman–Crippen LogP) is 3.56. The van der Waals surface area contributed by atoms with Crippen molar-refractivity contribution in [2.75, 3.05) is 25.0 Å². The highest BCUT2D eigenvalue weighted by atomic mass is 19.1. The summed E-state index contributed by atoms with van der Waals surface area (Å²) in [6, 6.07) is 17.8. The van der Waals surface area contributed by atoms with E-state index in [1.54, 1.807) is 35.0 Å². The summed E-state index contributed by atoms with van der Waals surface area (Å²) in [4.78, 5) is 16.6. The van der Waals surface area contributed by atoms with Gasteiger partial charge in [-0.05, 0) is 49.0 Å². The molecule has 1 aromatic heterocycles. The zero-order valence-electron chi connectivity index (χ0n) is 14.6. The van der Waals surface area contributed by atoms with Gasteiger partial charge in [0.25, 0.3) is 5.56 Å². The van der Waals surface area contributed by atoms with Gasteiger partial charge < -0.3 is 9.80 Å². The molecule has 0 saturated heterocycles. The van der Waals surface area contributed by atoms with Crippen LogP contribution in [0.15, 0.2) is 71.7 Å². The quantitative estimate of drug-likeness (QED) is 0.708. The number of pyridine rings is 1. The summed E-state index contributed by atoms with van der Waals surface area (Å²) in [5.41, 5.74) is 3.71. The first kappa shape index (κ1) is 16.5. The minimum absolute atomic E-state index is 0.0736. The molecular weight excluding hydrogens is 329 g/mol. The third kappa shape index (κ3) is 3.13. The van der Waals surface area contributed by atoms with E-state index in [9.17, 15) is 9.18 Å². The van der Waals surface area contributed by atoms with Crippen molar-refractivity contribution in [2.45, 2.75) is 6.54 Å². The van der Waals surface area contributed by atoms with E-state index in [1.165, 1.54) is 6.07 Å².